The van der Waals surface area contributed by atoms with Crippen LogP contribution in [0, 0.1) is 6.92 Å². The predicted molar refractivity (Wildman–Crippen MR) is 67.5 cm³/mol. The Morgan fingerprint density at radius 3 is 2.26 bits per heavy atom. The number of aromatic nitrogens is 2. The van der Waals surface area contributed by atoms with Gasteiger partial charge in [0.2, 0.25) is 0 Å². The molecule has 0 atom stereocenters. The lowest BCUT2D eigenvalue weighted by atomic mass is 10.2. The van der Waals surface area contributed by atoms with E-state index in [1.807, 2.05) is 13.8 Å². The Morgan fingerprint density at radius 1 is 1.26 bits per heavy atom. The molecule has 0 amide bonds. The van der Waals surface area contributed by atoms with Crippen molar-refractivity contribution < 1.29 is 13.2 Å². The molecule has 1 aliphatic carbocycles. The second-order valence-electron chi connectivity index (χ2n) is 5.21. The molecule has 1 aromatic rings. The van der Waals surface area contributed by atoms with Crippen LogP contribution in [-0.4, -0.2) is 21.7 Å². The van der Waals surface area contributed by atoms with Crippen LogP contribution in [0.3, 0.4) is 0 Å². The third-order valence-electron chi connectivity index (χ3n) is 3.27. The molecule has 1 N–H and O–H groups in total. The number of halogens is 4. The Labute approximate surface area is 114 Å². The van der Waals surface area contributed by atoms with Crippen molar-refractivity contribution in [3.63, 3.8) is 0 Å². The van der Waals surface area contributed by atoms with Crippen molar-refractivity contribution in [2.24, 2.45) is 0 Å². The summed E-state index contributed by atoms with van der Waals surface area (Å²) in [7, 11) is 0. The Morgan fingerprint density at radius 2 is 1.84 bits per heavy atom. The monoisotopic (exact) mass is 293 g/mol. The first-order valence-electron chi connectivity index (χ1n) is 6.05. The summed E-state index contributed by atoms with van der Waals surface area (Å²) < 4.78 is 38.8. The van der Waals surface area contributed by atoms with E-state index in [9.17, 15) is 13.2 Å². The highest BCUT2D eigenvalue weighted by atomic mass is 35.5. The fourth-order valence-corrected chi connectivity index (χ4v) is 1.89. The molecule has 0 unspecified atom stereocenters. The standard InChI is InChI=1S/C12H15ClF3N3/c1-6(2)9-17-8(13)7(3)10(18-9)19-11(4-5-11)12(14,15)16/h6H,4-5H2,1-3H3,(H,17,18,19). The van der Waals surface area contributed by atoms with Gasteiger partial charge in [0.1, 0.15) is 22.3 Å². The maximum absolute atomic E-state index is 12.9. The number of hydrogen-bond acceptors (Lipinski definition) is 3. The third kappa shape index (κ3) is 2.63. The number of nitrogens with zero attached hydrogens (tertiary/aromatic N) is 2. The molecule has 1 aliphatic rings. The SMILES string of the molecule is Cc1c(Cl)nc(C(C)C)nc1NC1(C(F)(F)F)CC1. The van der Waals surface area contributed by atoms with Crippen LogP contribution >= 0.6 is 11.6 Å². The number of hydrogen-bond donors (Lipinski definition) is 1. The molecule has 1 aromatic heterocycles. The third-order valence-corrected chi connectivity index (χ3v) is 3.64. The average molecular weight is 294 g/mol. The molecule has 0 bridgehead atoms. The topological polar surface area (TPSA) is 37.8 Å². The van der Waals surface area contributed by atoms with E-state index in [0.29, 0.717) is 11.4 Å². The zero-order chi connectivity index (χ0) is 14.4. The van der Waals surface area contributed by atoms with E-state index in [2.05, 4.69) is 15.3 Å². The van der Waals surface area contributed by atoms with Crippen LogP contribution in [-0.2, 0) is 0 Å². The summed E-state index contributed by atoms with van der Waals surface area (Å²) >= 11 is 5.95. The van der Waals surface area contributed by atoms with E-state index >= 15 is 0 Å². The molecular weight excluding hydrogens is 279 g/mol. The Bertz CT molecular complexity index is 496. The van der Waals surface area contributed by atoms with Crippen molar-refractivity contribution >= 4 is 17.4 Å². The van der Waals surface area contributed by atoms with Crippen LogP contribution in [0.5, 0.6) is 0 Å². The summed E-state index contributed by atoms with van der Waals surface area (Å²) in [6.07, 6.45) is -4.15. The molecule has 3 nitrogen and oxygen atoms in total. The molecule has 19 heavy (non-hydrogen) atoms. The molecule has 1 heterocycles. The van der Waals surface area contributed by atoms with Gasteiger partial charge in [-0.15, -0.1) is 0 Å². The van der Waals surface area contributed by atoms with Crippen LogP contribution in [0.15, 0.2) is 0 Å². The van der Waals surface area contributed by atoms with Gasteiger partial charge in [0.05, 0.1) is 0 Å². The summed E-state index contributed by atoms with van der Waals surface area (Å²) in [5.74, 6) is 0.620. The highest BCUT2D eigenvalue weighted by Gasteiger charge is 2.63. The molecule has 0 spiro atoms. The molecule has 0 aromatic carbocycles. The largest absolute Gasteiger partial charge is 0.411 e. The Balaban J connectivity index is 2.35. The lowest BCUT2D eigenvalue weighted by Gasteiger charge is -2.23. The molecule has 106 valence electrons. The van der Waals surface area contributed by atoms with Gasteiger partial charge >= 0.3 is 6.18 Å². The highest BCUT2D eigenvalue weighted by molar-refractivity contribution is 6.30. The van der Waals surface area contributed by atoms with E-state index in [1.165, 1.54) is 0 Å². The fraction of sp³-hybridized carbons (Fsp3) is 0.667. The van der Waals surface area contributed by atoms with Gasteiger partial charge < -0.3 is 5.32 Å². The van der Waals surface area contributed by atoms with Crippen molar-refractivity contribution in [3.05, 3.63) is 16.5 Å². The fourth-order valence-electron chi connectivity index (χ4n) is 1.72. The van der Waals surface area contributed by atoms with Crippen LogP contribution in [0.4, 0.5) is 19.0 Å². The van der Waals surface area contributed by atoms with Crippen molar-refractivity contribution in [1.82, 2.24) is 9.97 Å². The van der Waals surface area contributed by atoms with Crippen molar-refractivity contribution in [2.45, 2.75) is 51.2 Å². The van der Waals surface area contributed by atoms with Gasteiger partial charge in [-0.2, -0.15) is 13.2 Å². The quantitative estimate of drug-likeness (QED) is 0.854. The van der Waals surface area contributed by atoms with Gasteiger partial charge in [0, 0.05) is 11.5 Å². The van der Waals surface area contributed by atoms with Crippen molar-refractivity contribution in [3.8, 4) is 0 Å². The lowest BCUT2D eigenvalue weighted by Crippen LogP contribution is -2.39. The number of alkyl halides is 3. The van der Waals surface area contributed by atoms with Crippen LogP contribution < -0.4 is 5.32 Å². The first-order valence-corrected chi connectivity index (χ1v) is 6.43. The van der Waals surface area contributed by atoms with Gasteiger partial charge in [0.15, 0.2) is 0 Å². The Hall–Kier alpha value is -1.04. The van der Waals surface area contributed by atoms with E-state index in [0.717, 1.165) is 0 Å². The Kier molecular flexibility index (Phi) is 3.41. The van der Waals surface area contributed by atoms with Crippen molar-refractivity contribution in [1.29, 1.82) is 0 Å². The van der Waals surface area contributed by atoms with Crippen LogP contribution in [0.2, 0.25) is 5.15 Å². The van der Waals surface area contributed by atoms with E-state index in [4.69, 9.17) is 11.6 Å². The molecule has 7 heteroatoms. The molecule has 1 saturated carbocycles. The predicted octanol–water partition coefficient (Wildman–Crippen LogP) is 4.07. The summed E-state index contributed by atoms with van der Waals surface area (Å²) in [4.78, 5) is 8.24. The number of nitrogens with one attached hydrogen (secondary N) is 1. The smallest absolute Gasteiger partial charge is 0.356 e. The summed E-state index contributed by atoms with van der Waals surface area (Å²) in [6, 6.07) is 0. The van der Waals surface area contributed by atoms with Gasteiger partial charge in [0.25, 0.3) is 0 Å². The first-order chi connectivity index (χ1) is 8.66. The molecule has 2 rings (SSSR count). The summed E-state index contributed by atoms with van der Waals surface area (Å²) in [6.45, 7) is 5.34. The van der Waals surface area contributed by atoms with Crippen LogP contribution in [0.25, 0.3) is 0 Å². The minimum absolute atomic E-state index is 0.000287. The van der Waals surface area contributed by atoms with E-state index in [-0.39, 0.29) is 29.7 Å². The van der Waals surface area contributed by atoms with Gasteiger partial charge in [-0.05, 0) is 19.8 Å². The second kappa shape index (κ2) is 4.51. The second-order valence-corrected chi connectivity index (χ2v) is 5.56. The van der Waals surface area contributed by atoms with Gasteiger partial charge in [-0.3, -0.25) is 0 Å². The summed E-state index contributed by atoms with van der Waals surface area (Å²) in [5, 5.41) is 2.71. The van der Waals surface area contributed by atoms with Gasteiger partial charge in [-0.1, -0.05) is 25.4 Å². The molecule has 0 aliphatic heterocycles. The zero-order valence-electron chi connectivity index (χ0n) is 10.9. The molecule has 0 radical (unpaired) electrons. The van der Waals surface area contributed by atoms with Gasteiger partial charge in [-0.25, -0.2) is 9.97 Å². The summed E-state index contributed by atoms with van der Waals surface area (Å²) in [5.41, 5.74) is -1.40. The van der Waals surface area contributed by atoms with Crippen molar-refractivity contribution in [2.75, 3.05) is 5.32 Å². The number of rotatable bonds is 3. The maximum atomic E-state index is 12.9. The lowest BCUT2D eigenvalue weighted by molar-refractivity contribution is -0.151. The normalized spacial score (nSPS) is 17.7. The molecular formula is C12H15ClF3N3. The molecule has 0 saturated heterocycles. The first kappa shape index (κ1) is 14.4. The maximum Gasteiger partial charge on any atom is 0.411 e. The van der Waals surface area contributed by atoms with E-state index in [1.54, 1.807) is 6.92 Å². The molecule has 1 fully saturated rings. The highest BCUT2D eigenvalue weighted by Crippen LogP contribution is 2.51. The average Bonchev–Trinajstić information content (AvgIpc) is 3.04. The zero-order valence-corrected chi connectivity index (χ0v) is 11.7. The van der Waals surface area contributed by atoms with Crippen LogP contribution in [0.1, 0.15) is 44.0 Å². The number of anilines is 1. The minimum atomic E-state index is -4.28. The minimum Gasteiger partial charge on any atom is -0.356 e. The van der Waals surface area contributed by atoms with E-state index < -0.39 is 11.7 Å².